The first-order chi connectivity index (χ1) is 12.1. The number of nitrogens with zero attached hydrogens (tertiary/aromatic N) is 4. The highest BCUT2D eigenvalue weighted by atomic mass is 35.5. The van der Waals surface area contributed by atoms with Gasteiger partial charge < -0.3 is 15.5 Å². The molecule has 4 rings (SSSR count). The van der Waals surface area contributed by atoms with Crippen molar-refractivity contribution < 1.29 is 9.53 Å². The second-order valence-electron chi connectivity index (χ2n) is 6.08. The Balaban J connectivity index is 1.75. The summed E-state index contributed by atoms with van der Waals surface area (Å²) in [5.74, 6) is 1.26. The molecule has 2 aliphatic heterocycles. The number of halogens is 1. The fraction of sp³-hybridized carbons (Fsp3) is 0.375. The molecule has 3 N–H and O–H groups in total. The third-order valence-electron chi connectivity index (χ3n) is 4.45. The fourth-order valence-corrected chi connectivity index (χ4v) is 3.47. The molecule has 8 nitrogen and oxygen atoms in total. The smallest absolute Gasteiger partial charge is 0.260 e. The van der Waals surface area contributed by atoms with Gasteiger partial charge in [0.1, 0.15) is 11.0 Å². The van der Waals surface area contributed by atoms with Crippen LogP contribution in [-0.2, 0) is 9.53 Å². The van der Waals surface area contributed by atoms with Gasteiger partial charge in [0.05, 0.1) is 11.1 Å². The van der Waals surface area contributed by atoms with E-state index in [0.29, 0.717) is 48.5 Å². The molecule has 4 heterocycles. The van der Waals surface area contributed by atoms with E-state index in [2.05, 4.69) is 19.9 Å². The van der Waals surface area contributed by atoms with Crippen LogP contribution in [0.4, 0.5) is 11.8 Å². The maximum atomic E-state index is 13.0. The van der Waals surface area contributed by atoms with Crippen molar-refractivity contribution in [2.45, 2.75) is 12.8 Å². The molecule has 0 bridgehead atoms. The minimum Gasteiger partial charge on any atom is -0.381 e. The number of aromatic nitrogens is 4. The molecule has 1 amide bonds. The number of nitrogens with two attached hydrogens (primary N) is 1. The van der Waals surface area contributed by atoms with E-state index in [-0.39, 0.29) is 17.0 Å². The lowest BCUT2D eigenvalue weighted by atomic mass is 10.00. The molecule has 130 valence electrons. The number of hydrogen-bond donors (Lipinski definition) is 2. The summed E-state index contributed by atoms with van der Waals surface area (Å²) in [7, 11) is 0. The predicted molar refractivity (Wildman–Crippen MR) is 93.8 cm³/mol. The van der Waals surface area contributed by atoms with Gasteiger partial charge in [0.15, 0.2) is 5.82 Å². The van der Waals surface area contributed by atoms with Crippen LogP contribution in [0, 0.1) is 5.92 Å². The summed E-state index contributed by atoms with van der Waals surface area (Å²) in [5.41, 5.74) is 6.67. The van der Waals surface area contributed by atoms with Crippen LogP contribution in [-0.4, -0.2) is 45.6 Å². The van der Waals surface area contributed by atoms with Crippen LogP contribution < -0.4 is 10.6 Å². The number of fused-ring (bicyclic) bond motifs is 1. The van der Waals surface area contributed by atoms with Crippen LogP contribution in [0.1, 0.15) is 24.2 Å². The highest BCUT2D eigenvalue weighted by Crippen LogP contribution is 2.41. The van der Waals surface area contributed by atoms with Crippen molar-refractivity contribution in [3.8, 4) is 0 Å². The van der Waals surface area contributed by atoms with Crippen LogP contribution in [0.5, 0.6) is 0 Å². The van der Waals surface area contributed by atoms with E-state index in [1.54, 1.807) is 23.4 Å². The maximum Gasteiger partial charge on any atom is 0.260 e. The van der Waals surface area contributed by atoms with Crippen molar-refractivity contribution in [3.05, 3.63) is 28.9 Å². The minimum atomic E-state index is -0.167. The second-order valence-corrected chi connectivity index (χ2v) is 6.43. The lowest BCUT2D eigenvalue weighted by Crippen LogP contribution is -2.35. The average molecular weight is 361 g/mol. The van der Waals surface area contributed by atoms with Gasteiger partial charge in [-0.05, 0) is 24.8 Å². The van der Waals surface area contributed by atoms with Crippen LogP contribution in [0.15, 0.2) is 12.4 Å². The zero-order valence-corrected chi connectivity index (χ0v) is 14.2. The first-order valence-corrected chi connectivity index (χ1v) is 8.45. The Hall–Kier alpha value is -2.45. The summed E-state index contributed by atoms with van der Waals surface area (Å²) in [6, 6.07) is 0. The van der Waals surface area contributed by atoms with E-state index in [1.807, 2.05) is 0 Å². The molecule has 2 aromatic heterocycles. The Bertz CT molecular complexity index is 829. The van der Waals surface area contributed by atoms with E-state index in [4.69, 9.17) is 22.1 Å². The van der Waals surface area contributed by atoms with Crippen LogP contribution in [0.3, 0.4) is 0 Å². The summed E-state index contributed by atoms with van der Waals surface area (Å²) in [6.45, 7) is 1.97. The van der Waals surface area contributed by atoms with Crippen molar-refractivity contribution in [1.82, 2.24) is 19.9 Å². The van der Waals surface area contributed by atoms with Crippen molar-refractivity contribution >= 4 is 40.9 Å². The number of rotatable bonds is 3. The zero-order valence-electron chi connectivity index (χ0n) is 13.4. The van der Waals surface area contributed by atoms with Gasteiger partial charge in [-0.1, -0.05) is 11.6 Å². The molecular formula is C16H17ClN6O2. The lowest BCUT2D eigenvalue weighted by molar-refractivity contribution is -0.113. The molecular weight excluding hydrogens is 344 g/mol. The third kappa shape index (κ3) is 2.98. The number of ether oxygens (including phenoxy) is 1. The minimum absolute atomic E-state index is 0.0489. The van der Waals surface area contributed by atoms with Gasteiger partial charge >= 0.3 is 0 Å². The first kappa shape index (κ1) is 16.0. The van der Waals surface area contributed by atoms with Gasteiger partial charge in [-0.2, -0.15) is 4.98 Å². The molecule has 0 saturated carbocycles. The fourth-order valence-electron chi connectivity index (χ4n) is 3.20. The third-order valence-corrected chi connectivity index (χ3v) is 4.72. The van der Waals surface area contributed by atoms with Gasteiger partial charge in [-0.3, -0.25) is 9.69 Å². The van der Waals surface area contributed by atoms with Crippen molar-refractivity contribution in [2.24, 2.45) is 5.92 Å². The summed E-state index contributed by atoms with van der Waals surface area (Å²) in [4.78, 5) is 30.1. The summed E-state index contributed by atoms with van der Waals surface area (Å²) in [6.07, 6.45) is 6.78. The molecule has 2 aliphatic rings. The van der Waals surface area contributed by atoms with E-state index in [9.17, 15) is 4.79 Å². The Kier molecular flexibility index (Phi) is 4.14. The molecule has 1 saturated heterocycles. The number of carbonyl (C=O) groups excluding carboxylic acids is 1. The number of nitrogen functional groups attached to an aromatic ring is 1. The number of carbonyl (C=O) groups is 1. The Labute approximate surface area is 149 Å². The molecule has 25 heavy (non-hydrogen) atoms. The number of nitrogens with one attached hydrogen (secondary N) is 1. The largest absolute Gasteiger partial charge is 0.381 e. The number of imidazole rings is 1. The highest BCUT2D eigenvalue weighted by molar-refractivity contribution is 6.41. The molecule has 0 atom stereocenters. The number of aromatic amines is 1. The van der Waals surface area contributed by atoms with Crippen molar-refractivity contribution in [3.63, 3.8) is 0 Å². The van der Waals surface area contributed by atoms with Crippen LogP contribution >= 0.6 is 11.6 Å². The maximum absolute atomic E-state index is 13.0. The number of anilines is 2. The first-order valence-electron chi connectivity index (χ1n) is 8.07. The standard InChI is InChI=1S/C16H17ClN6O2/c17-13-12-10(7-11-19-3-4-20-11)15(24)23(14(12)22-16(18)21-13)8-9-1-5-25-6-2-9/h3-4,7,9H,1-2,5-6,8H2,(H,19,20)(H2,18,21,22)/b10-7-. The van der Waals surface area contributed by atoms with Crippen molar-refractivity contribution in [1.29, 1.82) is 0 Å². The van der Waals surface area contributed by atoms with Gasteiger partial charge in [-0.25, -0.2) is 9.97 Å². The molecule has 2 aromatic rings. The predicted octanol–water partition coefficient (Wildman–Crippen LogP) is 1.75. The van der Waals surface area contributed by atoms with Gasteiger partial charge in [0.25, 0.3) is 5.91 Å². The Morgan fingerprint density at radius 1 is 1.40 bits per heavy atom. The second kappa shape index (κ2) is 6.45. The molecule has 0 unspecified atom stereocenters. The van der Waals surface area contributed by atoms with Crippen LogP contribution in [0.2, 0.25) is 5.15 Å². The number of hydrogen-bond acceptors (Lipinski definition) is 6. The molecule has 0 aliphatic carbocycles. The lowest BCUT2D eigenvalue weighted by Gasteiger charge is -2.26. The Morgan fingerprint density at radius 3 is 2.92 bits per heavy atom. The van der Waals surface area contributed by atoms with Gasteiger partial charge in [0.2, 0.25) is 5.95 Å². The van der Waals surface area contributed by atoms with Crippen molar-refractivity contribution in [2.75, 3.05) is 30.4 Å². The van der Waals surface area contributed by atoms with E-state index < -0.39 is 0 Å². The van der Waals surface area contributed by atoms with Crippen LogP contribution in [0.25, 0.3) is 11.6 Å². The molecule has 1 fully saturated rings. The van der Waals surface area contributed by atoms with E-state index in [0.717, 1.165) is 12.8 Å². The summed E-state index contributed by atoms with van der Waals surface area (Å²) >= 11 is 6.28. The highest BCUT2D eigenvalue weighted by Gasteiger charge is 2.38. The summed E-state index contributed by atoms with van der Waals surface area (Å²) < 4.78 is 5.40. The quantitative estimate of drug-likeness (QED) is 0.637. The molecule has 0 spiro atoms. The zero-order chi connectivity index (χ0) is 17.4. The number of H-pyrrole nitrogens is 1. The monoisotopic (exact) mass is 360 g/mol. The molecule has 0 radical (unpaired) electrons. The Morgan fingerprint density at radius 2 is 2.20 bits per heavy atom. The van der Waals surface area contributed by atoms with Gasteiger partial charge in [-0.15, -0.1) is 0 Å². The molecule has 0 aromatic carbocycles. The van der Waals surface area contributed by atoms with E-state index in [1.165, 1.54) is 0 Å². The molecule has 9 heteroatoms. The van der Waals surface area contributed by atoms with E-state index >= 15 is 0 Å². The summed E-state index contributed by atoms with van der Waals surface area (Å²) in [5, 5.41) is 0.170. The van der Waals surface area contributed by atoms with Gasteiger partial charge in [0, 0.05) is 32.2 Å². The number of amides is 1. The normalized spacial score (nSPS) is 19.6. The topological polar surface area (TPSA) is 110 Å². The average Bonchev–Trinajstić information content (AvgIpc) is 3.19. The SMILES string of the molecule is Nc1nc(Cl)c2c(n1)N(CC1CCOCC1)C(=O)/C2=C\c1ncc[nH]1.